The molecule has 2 nitrogen and oxygen atoms in total. The maximum atomic E-state index is 9.34. The number of nitrogens with one attached hydrogen (secondary N) is 1. The summed E-state index contributed by atoms with van der Waals surface area (Å²) in [5.41, 5.74) is 1.03. The van der Waals surface area contributed by atoms with E-state index in [0.29, 0.717) is 5.75 Å². The molecule has 0 spiro atoms. The van der Waals surface area contributed by atoms with E-state index in [1.54, 1.807) is 12.1 Å². The lowest BCUT2D eigenvalue weighted by Gasteiger charge is -2.26. The lowest BCUT2D eigenvalue weighted by atomic mass is 9.83. The third kappa shape index (κ3) is 3.16. The monoisotopic (exact) mass is 219 g/mol. The number of benzene rings is 1. The molecule has 16 heavy (non-hydrogen) atoms. The summed E-state index contributed by atoms with van der Waals surface area (Å²) in [6.45, 7) is 3.38. The first-order valence-corrected chi connectivity index (χ1v) is 6.27. The summed E-state index contributed by atoms with van der Waals surface area (Å²) in [5.74, 6) is 2.05. The third-order valence-electron chi connectivity index (χ3n) is 3.58. The van der Waals surface area contributed by atoms with E-state index in [-0.39, 0.29) is 0 Å². The highest BCUT2D eigenvalue weighted by atomic mass is 16.3. The fraction of sp³-hybridized carbons (Fsp3) is 0.571. The largest absolute Gasteiger partial charge is 0.508 e. The summed E-state index contributed by atoms with van der Waals surface area (Å²) < 4.78 is 0. The molecule has 88 valence electrons. The van der Waals surface area contributed by atoms with E-state index in [9.17, 15) is 5.11 Å². The van der Waals surface area contributed by atoms with Crippen LogP contribution in [-0.2, 0) is 0 Å². The predicted octanol–water partition coefficient (Wildman–Crippen LogP) is 3.63. The molecule has 0 aromatic heterocycles. The molecule has 1 saturated carbocycles. The van der Waals surface area contributed by atoms with Crippen molar-refractivity contribution < 1.29 is 5.11 Å². The Kier molecular flexibility index (Phi) is 3.70. The third-order valence-corrected chi connectivity index (χ3v) is 3.58. The zero-order valence-electron chi connectivity index (χ0n) is 9.95. The van der Waals surface area contributed by atoms with E-state index >= 15 is 0 Å². The van der Waals surface area contributed by atoms with Gasteiger partial charge >= 0.3 is 0 Å². The van der Waals surface area contributed by atoms with Crippen LogP contribution in [0.4, 0.5) is 5.69 Å². The molecule has 0 bridgehead atoms. The summed E-state index contributed by atoms with van der Waals surface area (Å²) >= 11 is 0. The molecule has 0 atom stereocenters. The minimum absolute atomic E-state index is 0.335. The fourth-order valence-corrected chi connectivity index (χ4v) is 2.41. The van der Waals surface area contributed by atoms with Crippen molar-refractivity contribution in [3.05, 3.63) is 24.3 Å². The summed E-state index contributed by atoms with van der Waals surface area (Å²) in [7, 11) is 0. The first kappa shape index (κ1) is 11.3. The van der Waals surface area contributed by atoms with Gasteiger partial charge in [-0.3, -0.25) is 0 Å². The van der Waals surface area contributed by atoms with Crippen molar-refractivity contribution in [2.75, 3.05) is 11.9 Å². The minimum atomic E-state index is 0.335. The van der Waals surface area contributed by atoms with Gasteiger partial charge in [-0.05, 0) is 36.8 Å². The van der Waals surface area contributed by atoms with Gasteiger partial charge in [0.25, 0.3) is 0 Å². The molecule has 2 rings (SSSR count). The number of hydrogen-bond acceptors (Lipinski definition) is 2. The van der Waals surface area contributed by atoms with Crippen molar-refractivity contribution in [2.45, 2.75) is 32.6 Å². The van der Waals surface area contributed by atoms with Crippen LogP contribution in [0.3, 0.4) is 0 Å². The van der Waals surface area contributed by atoms with E-state index in [0.717, 1.165) is 24.1 Å². The first-order chi connectivity index (χ1) is 7.74. The van der Waals surface area contributed by atoms with E-state index in [1.807, 2.05) is 12.1 Å². The normalized spacial score (nSPS) is 25.3. The van der Waals surface area contributed by atoms with Crippen LogP contribution < -0.4 is 5.32 Å². The number of phenols is 1. The van der Waals surface area contributed by atoms with Gasteiger partial charge in [-0.25, -0.2) is 0 Å². The molecule has 0 heterocycles. The van der Waals surface area contributed by atoms with Gasteiger partial charge in [-0.1, -0.05) is 25.8 Å². The molecule has 2 N–H and O–H groups in total. The van der Waals surface area contributed by atoms with Crippen LogP contribution in [0.5, 0.6) is 5.75 Å². The molecule has 2 heteroatoms. The maximum Gasteiger partial charge on any atom is 0.117 e. The van der Waals surface area contributed by atoms with E-state index in [2.05, 4.69) is 12.2 Å². The number of aromatic hydroxyl groups is 1. The van der Waals surface area contributed by atoms with Crippen LogP contribution in [-0.4, -0.2) is 11.7 Å². The molecule has 1 fully saturated rings. The zero-order chi connectivity index (χ0) is 11.4. The highest BCUT2D eigenvalue weighted by molar-refractivity contribution is 5.47. The molecule has 0 amide bonds. The van der Waals surface area contributed by atoms with Crippen molar-refractivity contribution in [1.82, 2.24) is 0 Å². The second-order valence-electron chi connectivity index (χ2n) is 5.06. The van der Waals surface area contributed by atoms with Gasteiger partial charge in [-0.2, -0.15) is 0 Å². The summed E-state index contributed by atoms with van der Waals surface area (Å²) in [4.78, 5) is 0. The van der Waals surface area contributed by atoms with Gasteiger partial charge in [0.15, 0.2) is 0 Å². The van der Waals surface area contributed by atoms with Crippen LogP contribution in [0, 0.1) is 11.8 Å². The molecule has 0 radical (unpaired) electrons. The van der Waals surface area contributed by atoms with Crippen molar-refractivity contribution in [2.24, 2.45) is 11.8 Å². The zero-order valence-corrected chi connectivity index (χ0v) is 9.95. The smallest absolute Gasteiger partial charge is 0.117 e. The van der Waals surface area contributed by atoms with Gasteiger partial charge < -0.3 is 10.4 Å². The van der Waals surface area contributed by atoms with Gasteiger partial charge in [-0.15, -0.1) is 0 Å². The van der Waals surface area contributed by atoms with Crippen molar-refractivity contribution in [3.8, 4) is 5.75 Å². The standard InChI is InChI=1S/C14H21NO/c1-11-5-7-12(8-6-11)10-15-13-3-2-4-14(16)9-13/h2-4,9,11-12,15-16H,5-8,10H2,1H3. The molecular formula is C14H21NO. The van der Waals surface area contributed by atoms with Gasteiger partial charge in [0.2, 0.25) is 0 Å². The Bertz CT molecular complexity index is 329. The average molecular weight is 219 g/mol. The topological polar surface area (TPSA) is 32.3 Å². The highest BCUT2D eigenvalue weighted by Crippen LogP contribution is 2.28. The fourth-order valence-electron chi connectivity index (χ4n) is 2.41. The Hall–Kier alpha value is -1.18. The van der Waals surface area contributed by atoms with Gasteiger partial charge in [0, 0.05) is 18.3 Å². The highest BCUT2D eigenvalue weighted by Gasteiger charge is 2.17. The number of rotatable bonds is 3. The predicted molar refractivity (Wildman–Crippen MR) is 67.7 cm³/mol. The summed E-state index contributed by atoms with van der Waals surface area (Å²) in [6.07, 6.45) is 5.42. The van der Waals surface area contributed by atoms with Crippen molar-refractivity contribution in [1.29, 1.82) is 0 Å². The van der Waals surface area contributed by atoms with E-state index < -0.39 is 0 Å². The van der Waals surface area contributed by atoms with E-state index in [1.165, 1.54) is 25.7 Å². The minimum Gasteiger partial charge on any atom is -0.508 e. The second kappa shape index (κ2) is 5.24. The SMILES string of the molecule is CC1CCC(CNc2cccc(O)c2)CC1. The Labute approximate surface area is 97.7 Å². The Morgan fingerprint density at radius 1 is 1.25 bits per heavy atom. The second-order valence-corrected chi connectivity index (χ2v) is 5.06. The molecule has 0 unspecified atom stereocenters. The Morgan fingerprint density at radius 2 is 2.00 bits per heavy atom. The first-order valence-electron chi connectivity index (χ1n) is 6.27. The lowest BCUT2D eigenvalue weighted by Crippen LogP contribution is -2.20. The Balaban J connectivity index is 1.79. The summed E-state index contributed by atoms with van der Waals surface area (Å²) in [5, 5.41) is 12.8. The van der Waals surface area contributed by atoms with Crippen LogP contribution in [0.2, 0.25) is 0 Å². The Morgan fingerprint density at radius 3 is 2.69 bits per heavy atom. The number of phenolic OH excluding ortho intramolecular Hbond substituents is 1. The number of hydrogen-bond donors (Lipinski definition) is 2. The molecule has 0 aliphatic heterocycles. The van der Waals surface area contributed by atoms with Crippen LogP contribution in [0.15, 0.2) is 24.3 Å². The molecule has 1 aromatic rings. The van der Waals surface area contributed by atoms with E-state index in [4.69, 9.17) is 0 Å². The van der Waals surface area contributed by atoms with Crippen LogP contribution in [0.25, 0.3) is 0 Å². The van der Waals surface area contributed by atoms with Gasteiger partial charge in [0.05, 0.1) is 0 Å². The molecule has 1 aliphatic rings. The van der Waals surface area contributed by atoms with Crippen LogP contribution >= 0.6 is 0 Å². The quantitative estimate of drug-likeness (QED) is 0.813. The van der Waals surface area contributed by atoms with Gasteiger partial charge in [0.1, 0.15) is 5.75 Å². The lowest BCUT2D eigenvalue weighted by molar-refractivity contribution is 0.300. The maximum absolute atomic E-state index is 9.34. The van der Waals surface area contributed by atoms with Crippen LogP contribution in [0.1, 0.15) is 32.6 Å². The average Bonchev–Trinajstić information content (AvgIpc) is 2.28. The molecular weight excluding hydrogens is 198 g/mol. The van der Waals surface area contributed by atoms with Crippen molar-refractivity contribution in [3.63, 3.8) is 0 Å². The summed E-state index contributed by atoms with van der Waals surface area (Å²) in [6, 6.07) is 7.37. The number of anilines is 1. The van der Waals surface area contributed by atoms with Crippen molar-refractivity contribution >= 4 is 5.69 Å². The molecule has 1 aliphatic carbocycles. The molecule has 0 saturated heterocycles. The molecule has 1 aromatic carbocycles.